The Morgan fingerprint density at radius 3 is 2.57 bits per heavy atom. The van der Waals surface area contributed by atoms with Gasteiger partial charge in [0.25, 0.3) is 0 Å². The second-order valence-electron chi connectivity index (χ2n) is 6.45. The molecular formula is C19H16Cl2O2. The van der Waals surface area contributed by atoms with Crippen molar-refractivity contribution in [3.05, 3.63) is 63.1 Å². The first-order valence-corrected chi connectivity index (χ1v) is 8.64. The largest absolute Gasteiger partial charge is 0.506 e. The summed E-state index contributed by atoms with van der Waals surface area (Å²) in [6, 6.07) is 11.6. The van der Waals surface area contributed by atoms with E-state index in [9.17, 15) is 9.90 Å². The summed E-state index contributed by atoms with van der Waals surface area (Å²) in [7, 11) is 0. The molecule has 1 fully saturated rings. The number of phenolic OH excluding ortho intramolecular Hbond substituents is 1. The lowest BCUT2D eigenvalue weighted by Gasteiger charge is -2.38. The maximum Gasteiger partial charge on any atom is 0.175 e. The van der Waals surface area contributed by atoms with Gasteiger partial charge in [0.15, 0.2) is 5.78 Å². The van der Waals surface area contributed by atoms with Crippen LogP contribution in [0.15, 0.2) is 36.4 Å². The fraction of sp³-hybridized carbons (Fsp3) is 0.316. The van der Waals surface area contributed by atoms with E-state index in [1.165, 1.54) is 0 Å². The predicted octanol–water partition coefficient (Wildman–Crippen LogP) is 5.49. The van der Waals surface area contributed by atoms with Gasteiger partial charge < -0.3 is 5.11 Å². The molecule has 2 aliphatic carbocycles. The molecular weight excluding hydrogens is 331 g/mol. The van der Waals surface area contributed by atoms with Crippen molar-refractivity contribution in [2.24, 2.45) is 0 Å². The molecule has 1 N–H and O–H groups in total. The Bertz CT molecular complexity index is 801. The van der Waals surface area contributed by atoms with Crippen LogP contribution < -0.4 is 0 Å². The second kappa shape index (κ2) is 5.25. The van der Waals surface area contributed by atoms with E-state index in [0.29, 0.717) is 5.56 Å². The molecule has 2 atom stereocenters. The molecule has 0 bridgehead atoms. The first kappa shape index (κ1) is 15.0. The highest BCUT2D eigenvalue weighted by molar-refractivity contribution is 6.45. The number of Topliss-reactive ketones (excluding diaryl/α,β-unsaturated/α-hetero) is 1. The topological polar surface area (TPSA) is 37.3 Å². The lowest BCUT2D eigenvalue weighted by Crippen LogP contribution is -2.38. The van der Waals surface area contributed by atoms with Crippen molar-refractivity contribution in [3.63, 3.8) is 0 Å². The summed E-state index contributed by atoms with van der Waals surface area (Å²) in [5.41, 5.74) is 1.83. The van der Waals surface area contributed by atoms with E-state index in [-0.39, 0.29) is 27.5 Å². The number of hydrogen-bond donors (Lipinski definition) is 1. The zero-order valence-corrected chi connectivity index (χ0v) is 14.0. The van der Waals surface area contributed by atoms with E-state index in [0.717, 1.165) is 36.8 Å². The number of halogens is 2. The Labute approximate surface area is 145 Å². The van der Waals surface area contributed by atoms with E-state index in [1.54, 1.807) is 6.07 Å². The summed E-state index contributed by atoms with van der Waals surface area (Å²) in [5.74, 6) is 0.0646. The summed E-state index contributed by atoms with van der Waals surface area (Å²) >= 11 is 12.4. The maximum absolute atomic E-state index is 13.4. The van der Waals surface area contributed by atoms with Crippen molar-refractivity contribution in [2.45, 2.75) is 37.0 Å². The van der Waals surface area contributed by atoms with Crippen LogP contribution in [-0.2, 0) is 5.41 Å². The van der Waals surface area contributed by atoms with Gasteiger partial charge in [-0.05, 0) is 30.0 Å². The quantitative estimate of drug-likeness (QED) is 0.740. The summed E-state index contributed by atoms with van der Waals surface area (Å²) in [5, 5.41) is 10.3. The number of hydrogen-bond acceptors (Lipinski definition) is 2. The average Bonchev–Trinajstić information content (AvgIpc) is 2.84. The van der Waals surface area contributed by atoms with Gasteiger partial charge in [0, 0.05) is 11.5 Å². The number of fused-ring (bicyclic) bond motifs is 3. The normalized spacial score (nSPS) is 26.0. The fourth-order valence-corrected chi connectivity index (χ4v) is 4.88. The summed E-state index contributed by atoms with van der Waals surface area (Å²) in [6.45, 7) is 0. The minimum atomic E-state index is -0.567. The number of carbonyl (C=O) groups is 1. The lowest BCUT2D eigenvalue weighted by atomic mass is 9.62. The van der Waals surface area contributed by atoms with E-state index >= 15 is 0 Å². The molecule has 0 saturated heterocycles. The number of aromatic hydroxyl groups is 1. The number of carbonyl (C=O) groups excluding carboxylic acids is 1. The highest BCUT2D eigenvalue weighted by Crippen LogP contribution is 2.59. The third kappa shape index (κ3) is 1.91. The average molecular weight is 347 g/mol. The van der Waals surface area contributed by atoms with Crippen LogP contribution >= 0.6 is 23.2 Å². The highest BCUT2D eigenvalue weighted by Gasteiger charge is 2.55. The van der Waals surface area contributed by atoms with Gasteiger partial charge in [-0.3, -0.25) is 4.79 Å². The molecule has 0 radical (unpaired) electrons. The van der Waals surface area contributed by atoms with Crippen molar-refractivity contribution in [1.29, 1.82) is 0 Å². The van der Waals surface area contributed by atoms with Gasteiger partial charge in [0.05, 0.1) is 10.4 Å². The van der Waals surface area contributed by atoms with Crippen LogP contribution in [0.1, 0.15) is 53.1 Å². The highest BCUT2D eigenvalue weighted by atomic mass is 35.5. The predicted molar refractivity (Wildman–Crippen MR) is 91.8 cm³/mol. The van der Waals surface area contributed by atoms with Gasteiger partial charge >= 0.3 is 0 Å². The third-order valence-electron chi connectivity index (χ3n) is 5.42. The van der Waals surface area contributed by atoms with Crippen LogP contribution in [0.4, 0.5) is 0 Å². The first-order valence-electron chi connectivity index (χ1n) is 7.88. The molecule has 0 amide bonds. The summed E-state index contributed by atoms with van der Waals surface area (Å²) < 4.78 is 0. The Kier molecular flexibility index (Phi) is 3.44. The van der Waals surface area contributed by atoms with Crippen LogP contribution in [0.3, 0.4) is 0 Å². The van der Waals surface area contributed by atoms with E-state index in [1.807, 2.05) is 30.3 Å². The van der Waals surface area contributed by atoms with Crippen molar-refractivity contribution in [2.75, 3.05) is 0 Å². The van der Waals surface area contributed by atoms with Gasteiger partial charge in [-0.25, -0.2) is 0 Å². The lowest BCUT2D eigenvalue weighted by molar-refractivity contribution is 0.0845. The monoisotopic (exact) mass is 346 g/mol. The van der Waals surface area contributed by atoms with Crippen LogP contribution in [0.2, 0.25) is 10.0 Å². The molecule has 118 valence electrons. The Balaban J connectivity index is 2.01. The molecule has 2 aromatic rings. The molecule has 2 aliphatic rings. The molecule has 0 spiro atoms. The molecule has 2 nitrogen and oxygen atoms in total. The second-order valence-corrected chi connectivity index (χ2v) is 7.21. The minimum Gasteiger partial charge on any atom is -0.506 e. The van der Waals surface area contributed by atoms with E-state index in [4.69, 9.17) is 23.2 Å². The summed E-state index contributed by atoms with van der Waals surface area (Å²) in [4.78, 5) is 13.4. The summed E-state index contributed by atoms with van der Waals surface area (Å²) in [6.07, 6.45) is 3.82. The van der Waals surface area contributed by atoms with Crippen molar-refractivity contribution >= 4 is 29.0 Å². The molecule has 4 rings (SSSR count). The Hall–Kier alpha value is -1.51. The van der Waals surface area contributed by atoms with Gasteiger partial charge in [-0.2, -0.15) is 0 Å². The van der Waals surface area contributed by atoms with E-state index < -0.39 is 5.41 Å². The van der Waals surface area contributed by atoms with Gasteiger partial charge in [0.1, 0.15) is 10.8 Å². The Morgan fingerprint density at radius 1 is 1.09 bits per heavy atom. The zero-order chi connectivity index (χ0) is 16.2. The minimum absolute atomic E-state index is 0.0438. The molecule has 2 aromatic carbocycles. The molecule has 0 unspecified atom stereocenters. The first-order chi connectivity index (χ1) is 11.1. The number of benzene rings is 2. The standard InChI is InChI=1S/C19H16Cl2O2/c20-16-14(22)10-12-13-8-4-5-9-19(13,11-6-2-1-3-7-11)18(23)15(12)17(16)21/h1-3,6-7,10,13,22H,4-5,8-9H2/t13-,19-/m0/s1. The number of rotatable bonds is 1. The molecule has 23 heavy (non-hydrogen) atoms. The molecule has 0 aliphatic heterocycles. The van der Waals surface area contributed by atoms with Crippen LogP contribution in [0.25, 0.3) is 0 Å². The smallest absolute Gasteiger partial charge is 0.175 e. The van der Waals surface area contributed by atoms with Gasteiger partial charge in [-0.15, -0.1) is 0 Å². The van der Waals surface area contributed by atoms with E-state index in [2.05, 4.69) is 0 Å². The van der Waals surface area contributed by atoms with Crippen molar-refractivity contribution in [3.8, 4) is 5.75 Å². The van der Waals surface area contributed by atoms with Crippen LogP contribution in [-0.4, -0.2) is 10.9 Å². The zero-order valence-electron chi connectivity index (χ0n) is 12.5. The molecule has 0 aromatic heterocycles. The van der Waals surface area contributed by atoms with Crippen molar-refractivity contribution in [1.82, 2.24) is 0 Å². The van der Waals surface area contributed by atoms with Crippen LogP contribution in [0, 0.1) is 0 Å². The van der Waals surface area contributed by atoms with Gasteiger partial charge in [-0.1, -0.05) is 66.4 Å². The molecule has 1 saturated carbocycles. The van der Waals surface area contributed by atoms with Crippen molar-refractivity contribution < 1.29 is 9.90 Å². The fourth-order valence-electron chi connectivity index (χ4n) is 4.44. The van der Waals surface area contributed by atoms with Gasteiger partial charge in [0.2, 0.25) is 0 Å². The Morgan fingerprint density at radius 2 is 1.83 bits per heavy atom. The van der Waals surface area contributed by atoms with Crippen LogP contribution in [0.5, 0.6) is 5.75 Å². The third-order valence-corrected chi connectivity index (χ3v) is 6.28. The molecule has 0 heterocycles. The number of ketones is 1. The number of phenols is 1. The molecule has 4 heteroatoms. The maximum atomic E-state index is 13.4. The SMILES string of the molecule is O=C1c2c(cc(O)c(Cl)c2Cl)[C@@H]2CCCC[C@@]12c1ccccc1.